The quantitative estimate of drug-likeness (QED) is 0.0250. The second-order valence-electron chi connectivity index (χ2n) is 21.6. The Morgan fingerprint density at radius 3 is 1.59 bits per heavy atom. The number of carbonyl (C=O) groups excluding carboxylic acids is 9. The number of aliphatic carboxylic acids is 2. The van der Waals surface area contributed by atoms with Gasteiger partial charge in [0, 0.05) is 88.3 Å². The molecule has 0 heterocycles. The Morgan fingerprint density at radius 1 is 0.561 bits per heavy atom. The van der Waals surface area contributed by atoms with Gasteiger partial charge in [0.1, 0.15) is 0 Å². The Bertz CT molecular complexity index is 2310. The minimum atomic E-state index is -1.48. The molecule has 0 spiro atoms. The summed E-state index contributed by atoms with van der Waals surface area (Å²) in [7, 11) is 1.45. The Morgan fingerprint density at radius 2 is 1.06 bits per heavy atom. The van der Waals surface area contributed by atoms with Crippen molar-refractivity contribution in [3.05, 3.63) is 35.9 Å². The molecular weight excluding hydrogens is 1060 g/mol. The molecule has 9 atom stereocenters. The first-order chi connectivity index (χ1) is 38.7. The van der Waals surface area contributed by atoms with E-state index in [1.54, 1.807) is 20.8 Å². The van der Waals surface area contributed by atoms with Crippen LogP contribution in [0.5, 0.6) is 0 Å². The van der Waals surface area contributed by atoms with Crippen molar-refractivity contribution in [2.75, 3.05) is 33.2 Å². The number of hydrogen-bond donors (Lipinski definition) is 12. The van der Waals surface area contributed by atoms with E-state index in [4.69, 9.17) is 28.7 Å². The summed E-state index contributed by atoms with van der Waals surface area (Å²) >= 11 is 0. The number of nitrogens with two attached hydrogens (primary N) is 5. The third-order valence-electron chi connectivity index (χ3n) is 14.2. The van der Waals surface area contributed by atoms with E-state index in [1.165, 1.54) is 7.05 Å². The van der Waals surface area contributed by atoms with Gasteiger partial charge in [-0.3, -0.25) is 62.7 Å². The summed E-state index contributed by atoms with van der Waals surface area (Å²) in [4.78, 5) is 156. The highest BCUT2D eigenvalue weighted by molar-refractivity contribution is 5.98. The van der Waals surface area contributed by atoms with Crippen LogP contribution in [0.1, 0.15) is 149 Å². The summed E-state index contributed by atoms with van der Waals surface area (Å²) < 4.78 is 0. The van der Waals surface area contributed by atoms with Gasteiger partial charge in [-0.25, -0.2) is 0 Å². The van der Waals surface area contributed by atoms with Crippen molar-refractivity contribution in [2.45, 2.75) is 168 Å². The maximum absolute atomic E-state index is 14.5. The first-order valence-electron chi connectivity index (χ1n) is 28.5. The van der Waals surface area contributed by atoms with E-state index >= 15 is 0 Å². The van der Waals surface area contributed by atoms with Gasteiger partial charge in [0.25, 0.3) is 0 Å². The van der Waals surface area contributed by atoms with Crippen LogP contribution in [0.25, 0.3) is 0 Å². The molecule has 82 heavy (non-hydrogen) atoms. The smallest absolute Gasteiger partial charge is 0.303 e. The van der Waals surface area contributed by atoms with Crippen LogP contribution in [0.2, 0.25) is 0 Å². The standard InChI is InChI=1S/C57H94N12O13/c1-7-35(4)50(47(73)32-40(20-22-48(74)75)53(80)66-33-42(70)29-41(27-34(2)3)52(79)63-6)69-55(82)39(18-13-25-64-56(59)60)31-46(72)44(21-23-49(76)77)68-54(81)38(17-11-12-24-58)30-45(71)43(19-14-26-65-57(61)62)67-51(78)36(5)28-37-15-9-8-10-16-37/h8-10,15-16,34-36,38-41,43-44,50H,7,11-14,17-33,58H2,1-6H3,(H,63,79)(H,66,80)(H,67,78)(H,68,81)(H,69,82)(H,74,75)(H,76,77)(H4,59,60,64)(H4,61,62,65)/t35-,36-,38+,39+,40+,41+,43-,44-,50?/m0/s1. The van der Waals surface area contributed by atoms with Crippen LogP contribution in [0, 0.1) is 41.4 Å². The number of nitrogens with one attached hydrogen (secondary N) is 5. The molecule has 5 amide bonds. The molecule has 460 valence electrons. The predicted molar refractivity (Wildman–Crippen MR) is 310 cm³/mol. The number of ketones is 4. The summed E-state index contributed by atoms with van der Waals surface area (Å²) in [5, 5.41) is 32.6. The number of hydrogen-bond acceptors (Lipinski definition) is 14. The minimum absolute atomic E-state index is 0.0282. The average molecular weight is 1160 g/mol. The monoisotopic (exact) mass is 1150 g/mol. The zero-order chi connectivity index (χ0) is 61.9. The molecule has 0 aliphatic rings. The SMILES string of the molecule is CC[C@H](C)C(NC(=O)[C@H](CCCN=C(N)N)CC(=O)[C@H](CCC(=O)O)NC(=O)[C@H](CCCCN)CC(=O)[C@H](CCCN=C(N)N)NC(=O)[C@@H](C)Cc1ccccc1)C(=O)C[C@@H](CCC(=O)O)C(=O)NCC(=O)C[C@@H](CC(C)C)C(=O)NC. The molecule has 1 rings (SSSR count). The number of nitrogens with zero attached hydrogens (tertiary/aromatic N) is 2. The van der Waals surface area contributed by atoms with E-state index < -0.39 is 151 Å². The lowest BCUT2D eigenvalue weighted by Gasteiger charge is -2.28. The van der Waals surface area contributed by atoms with Gasteiger partial charge < -0.3 is 65.5 Å². The molecule has 0 aromatic heterocycles. The molecule has 17 N–H and O–H groups in total. The summed E-state index contributed by atoms with van der Waals surface area (Å²) in [6, 6.07) is 5.51. The third kappa shape index (κ3) is 30.5. The molecule has 0 aliphatic heterocycles. The van der Waals surface area contributed by atoms with Crippen molar-refractivity contribution in [3.8, 4) is 0 Å². The molecule has 0 aliphatic carbocycles. The summed E-state index contributed by atoms with van der Waals surface area (Å²) in [5.41, 5.74) is 28.8. The molecule has 1 aromatic rings. The van der Waals surface area contributed by atoms with Crippen molar-refractivity contribution >= 4 is 76.5 Å². The fourth-order valence-corrected chi connectivity index (χ4v) is 9.34. The first kappa shape index (κ1) is 72.7. The maximum Gasteiger partial charge on any atom is 0.303 e. The maximum atomic E-state index is 14.5. The van der Waals surface area contributed by atoms with E-state index in [2.05, 4.69) is 36.6 Å². The molecular formula is C57H94N12O13. The van der Waals surface area contributed by atoms with Gasteiger partial charge in [-0.2, -0.15) is 0 Å². The van der Waals surface area contributed by atoms with Crippen molar-refractivity contribution in [2.24, 2.45) is 80.1 Å². The van der Waals surface area contributed by atoms with Crippen LogP contribution in [0.3, 0.4) is 0 Å². The van der Waals surface area contributed by atoms with E-state index in [9.17, 15) is 63.0 Å². The first-order valence-corrected chi connectivity index (χ1v) is 28.5. The molecule has 0 saturated carbocycles. The van der Waals surface area contributed by atoms with E-state index in [0.717, 1.165) is 5.56 Å². The van der Waals surface area contributed by atoms with Crippen molar-refractivity contribution < 1.29 is 63.0 Å². The Labute approximate surface area is 482 Å². The number of rotatable bonds is 45. The topological polar surface area (TPSA) is 443 Å². The Balaban J connectivity index is 3.58. The fourth-order valence-electron chi connectivity index (χ4n) is 9.34. The van der Waals surface area contributed by atoms with Crippen LogP contribution < -0.4 is 55.3 Å². The number of carboxylic acid groups (broad SMARTS) is 2. The lowest BCUT2D eigenvalue weighted by molar-refractivity contribution is -0.140. The number of unbranched alkanes of at least 4 members (excludes halogenated alkanes) is 1. The van der Waals surface area contributed by atoms with Crippen LogP contribution >= 0.6 is 0 Å². The zero-order valence-electron chi connectivity index (χ0n) is 48.9. The molecule has 25 nitrogen and oxygen atoms in total. The normalized spacial score (nSPS) is 14.4. The molecule has 1 aromatic carbocycles. The summed E-state index contributed by atoms with van der Waals surface area (Å²) in [6.45, 7) is 8.91. The molecule has 1 unspecified atom stereocenters. The van der Waals surface area contributed by atoms with Gasteiger partial charge in [-0.15, -0.1) is 0 Å². The number of carboxylic acids is 2. The van der Waals surface area contributed by atoms with Crippen LogP contribution in [0.4, 0.5) is 0 Å². The van der Waals surface area contributed by atoms with E-state index in [-0.39, 0.29) is 88.3 Å². The van der Waals surface area contributed by atoms with E-state index in [1.807, 2.05) is 44.2 Å². The zero-order valence-corrected chi connectivity index (χ0v) is 48.9. The summed E-state index contributed by atoms with van der Waals surface area (Å²) in [6.07, 6.45) is -0.789. The van der Waals surface area contributed by atoms with Gasteiger partial charge in [0.15, 0.2) is 35.1 Å². The van der Waals surface area contributed by atoms with Crippen LogP contribution in [0.15, 0.2) is 40.3 Å². The van der Waals surface area contributed by atoms with Gasteiger partial charge >= 0.3 is 11.9 Å². The lowest BCUT2D eigenvalue weighted by atomic mass is 9.86. The minimum Gasteiger partial charge on any atom is -0.481 e. The molecule has 0 bridgehead atoms. The molecule has 0 fully saturated rings. The predicted octanol–water partition coefficient (Wildman–Crippen LogP) is 1.54. The fraction of sp³-hybridized carbons (Fsp3) is 0.667. The van der Waals surface area contributed by atoms with Gasteiger partial charge in [-0.05, 0) is 88.2 Å². The highest BCUT2D eigenvalue weighted by Gasteiger charge is 2.36. The summed E-state index contributed by atoms with van der Waals surface area (Å²) in [5.74, 6) is -13.5. The van der Waals surface area contributed by atoms with Gasteiger partial charge in [0.2, 0.25) is 29.5 Å². The van der Waals surface area contributed by atoms with Crippen molar-refractivity contribution in [3.63, 3.8) is 0 Å². The second-order valence-corrected chi connectivity index (χ2v) is 21.6. The van der Waals surface area contributed by atoms with Gasteiger partial charge in [0.05, 0.1) is 24.7 Å². The third-order valence-corrected chi connectivity index (χ3v) is 14.2. The molecule has 0 radical (unpaired) electrons. The Hall–Kier alpha value is -7.31. The highest BCUT2D eigenvalue weighted by Crippen LogP contribution is 2.24. The number of benzene rings is 1. The van der Waals surface area contributed by atoms with Crippen molar-refractivity contribution in [1.82, 2.24) is 26.6 Å². The number of guanidine groups is 2. The second kappa shape index (κ2) is 40.0. The number of carbonyl (C=O) groups is 11. The van der Waals surface area contributed by atoms with E-state index in [0.29, 0.717) is 38.5 Å². The van der Waals surface area contributed by atoms with Crippen molar-refractivity contribution in [1.29, 1.82) is 0 Å². The molecule has 25 heteroatoms. The van der Waals surface area contributed by atoms with Crippen LogP contribution in [-0.4, -0.2) is 138 Å². The largest absolute Gasteiger partial charge is 0.481 e. The Kier molecular flexibility index (Phi) is 35.4. The number of amides is 5. The average Bonchev–Trinajstić information content (AvgIpc) is 3.49. The van der Waals surface area contributed by atoms with Crippen LogP contribution in [-0.2, 0) is 59.2 Å². The number of aliphatic imine (C=N–C) groups is 2. The number of Topliss-reactive ketones (excluding diaryl/α,β-unsaturated/α-hetero) is 4. The van der Waals surface area contributed by atoms with Gasteiger partial charge in [-0.1, -0.05) is 77.8 Å². The molecule has 0 saturated heterocycles. The lowest BCUT2D eigenvalue weighted by Crippen LogP contribution is -2.50. The highest BCUT2D eigenvalue weighted by atomic mass is 16.4.